The molecule has 1 aliphatic rings. The van der Waals surface area contributed by atoms with Crippen LogP contribution in [0.4, 0.5) is 5.69 Å². The fourth-order valence-electron chi connectivity index (χ4n) is 4.31. The first kappa shape index (κ1) is 22.5. The lowest BCUT2D eigenvalue weighted by molar-refractivity contribution is -0.110. The summed E-state index contributed by atoms with van der Waals surface area (Å²) >= 11 is 6.07. The Morgan fingerprint density at radius 2 is 1.97 bits per heavy atom. The molecule has 1 aliphatic heterocycles. The molecule has 0 spiro atoms. The van der Waals surface area contributed by atoms with Crippen molar-refractivity contribution >= 4 is 40.8 Å². The fraction of sp³-hybridized carbons (Fsp3) is 0.160. The van der Waals surface area contributed by atoms with E-state index in [1.807, 2.05) is 56.3 Å². The van der Waals surface area contributed by atoms with Crippen molar-refractivity contribution in [3.63, 3.8) is 0 Å². The van der Waals surface area contributed by atoms with Crippen LogP contribution in [0.25, 0.3) is 22.8 Å². The zero-order valence-electron chi connectivity index (χ0n) is 19.1. The molecule has 5 rings (SSSR count). The maximum absolute atomic E-state index is 13.0. The highest BCUT2D eigenvalue weighted by molar-refractivity contribution is 6.36. The molecule has 0 unspecified atom stereocenters. The van der Waals surface area contributed by atoms with Crippen LogP contribution >= 0.6 is 11.6 Å². The van der Waals surface area contributed by atoms with Gasteiger partial charge in [-0.2, -0.15) is 4.80 Å². The van der Waals surface area contributed by atoms with Crippen molar-refractivity contribution in [3.8, 4) is 11.1 Å². The normalized spacial score (nSPS) is 13.7. The van der Waals surface area contributed by atoms with Crippen molar-refractivity contribution in [2.45, 2.75) is 20.4 Å². The Kier molecular flexibility index (Phi) is 5.92. The maximum atomic E-state index is 13.0. The van der Waals surface area contributed by atoms with E-state index in [1.54, 1.807) is 6.08 Å². The summed E-state index contributed by atoms with van der Waals surface area (Å²) in [6.45, 7) is 4.47. The molecular formula is C25H22ClN7O2. The number of aromatic amines is 1. The second-order valence-electron chi connectivity index (χ2n) is 8.20. The molecule has 0 atom stereocenters. The average Bonchev–Trinajstić information content (AvgIpc) is 3.53. The van der Waals surface area contributed by atoms with Crippen molar-refractivity contribution in [2.24, 2.45) is 0 Å². The number of hydrogen-bond donors (Lipinski definition) is 3. The highest BCUT2D eigenvalue weighted by Crippen LogP contribution is 2.41. The van der Waals surface area contributed by atoms with Crippen molar-refractivity contribution in [1.82, 2.24) is 30.5 Å². The van der Waals surface area contributed by atoms with Gasteiger partial charge in [-0.25, -0.2) is 0 Å². The summed E-state index contributed by atoms with van der Waals surface area (Å²) < 4.78 is 0. The minimum Gasteiger partial charge on any atom is -0.358 e. The van der Waals surface area contributed by atoms with E-state index in [1.165, 1.54) is 11.1 Å². The number of amides is 2. The van der Waals surface area contributed by atoms with Gasteiger partial charge in [-0.1, -0.05) is 35.9 Å². The molecule has 0 bridgehead atoms. The van der Waals surface area contributed by atoms with Crippen LogP contribution in [0.5, 0.6) is 0 Å². The van der Waals surface area contributed by atoms with Crippen LogP contribution in [-0.2, 0) is 11.3 Å². The summed E-state index contributed by atoms with van der Waals surface area (Å²) in [5, 5.41) is 17.8. The van der Waals surface area contributed by atoms with Gasteiger partial charge in [0.15, 0.2) is 6.33 Å². The third kappa shape index (κ3) is 4.33. The smallest absolute Gasteiger partial charge is 0.256 e. The molecule has 3 heterocycles. The first-order valence-electron chi connectivity index (χ1n) is 11.0. The van der Waals surface area contributed by atoms with Gasteiger partial charge in [-0.05, 0) is 60.0 Å². The molecule has 10 heteroatoms. The van der Waals surface area contributed by atoms with Gasteiger partial charge in [-0.3, -0.25) is 9.59 Å². The molecule has 9 nitrogen and oxygen atoms in total. The number of nitrogens with one attached hydrogen (secondary N) is 3. The summed E-state index contributed by atoms with van der Waals surface area (Å²) in [6.07, 6.45) is 3.15. The number of benzene rings is 2. The van der Waals surface area contributed by atoms with Gasteiger partial charge in [0.25, 0.3) is 11.8 Å². The lowest BCUT2D eigenvalue weighted by atomic mass is 9.94. The molecule has 35 heavy (non-hydrogen) atoms. The minimum atomic E-state index is -0.209. The molecule has 0 saturated carbocycles. The molecule has 2 aromatic heterocycles. The van der Waals surface area contributed by atoms with E-state index in [9.17, 15) is 9.59 Å². The highest BCUT2D eigenvalue weighted by Gasteiger charge is 2.28. The van der Waals surface area contributed by atoms with Gasteiger partial charge in [0.05, 0.1) is 17.7 Å². The van der Waals surface area contributed by atoms with Crippen LogP contribution < -0.4 is 10.6 Å². The Morgan fingerprint density at radius 1 is 1.17 bits per heavy atom. The van der Waals surface area contributed by atoms with Crippen molar-refractivity contribution in [3.05, 3.63) is 81.9 Å². The molecule has 0 radical (unpaired) electrons. The van der Waals surface area contributed by atoms with Gasteiger partial charge in [0.2, 0.25) is 0 Å². The molecule has 0 aliphatic carbocycles. The lowest BCUT2D eigenvalue weighted by Crippen LogP contribution is -2.28. The molecule has 0 saturated heterocycles. The lowest BCUT2D eigenvalue weighted by Gasteiger charge is -2.09. The second-order valence-corrected chi connectivity index (χ2v) is 8.63. The molecule has 2 amide bonds. The Hall–Kier alpha value is -4.24. The van der Waals surface area contributed by atoms with Gasteiger partial charge >= 0.3 is 0 Å². The van der Waals surface area contributed by atoms with E-state index < -0.39 is 0 Å². The van der Waals surface area contributed by atoms with Crippen molar-refractivity contribution < 1.29 is 9.59 Å². The minimum absolute atomic E-state index is 0.195. The van der Waals surface area contributed by atoms with Gasteiger partial charge in [0, 0.05) is 34.2 Å². The van der Waals surface area contributed by atoms with Gasteiger partial charge in [-0.15, -0.1) is 10.2 Å². The Morgan fingerprint density at radius 3 is 2.71 bits per heavy atom. The highest BCUT2D eigenvalue weighted by atomic mass is 35.5. The zero-order valence-corrected chi connectivity index (χ0v) is 19.8. The zero-order chi connectivity index (χ0) is 24.5. The average molecular weight is 488 g/mol. The van der Waals surface area contributed by atoms with Gasteiger partial charge < -0.3 is 15.6 Å². The van der Waals surface area contributed by atoms with Gasteiger partial charge in [0.1, 0.15) is 0 Å². The van der Waals surface area contributed by atoms with Crippen LogP contribution in [0, 0.1) is 13.8 Å². The second kappa shape index (κ2) is 9.19. The van der Waals surface area contributed by atoms with E-state index >= 15 is 0 Å². The largest absolute Gasteiger partial charge is 0.358 e. The summed E-state index contributed by atoms with van der Waals surface area (Å²) in [5.74, 6) is -0.404. The fourth-order valence-corrected chi connectivity index (χ4v) is 4.44. The van der Waals surface area contributed by atoms with E-state index in [2.05, 4.69) is 31.0 Å². The van der Waals surface area contributed by atoms with E-state index in [0.717, 1.165) is 33.6 Å². The number of halogens is 1. The molecule has 2 aromatic carbocycles. The van der Waals surface area contributed by atoms with Crippen LogP contribution in [0.15, 0.2) is 48.8 Å². The van der Waals surface area contributed by atoms with Crippen LogP contribution in [-0.4, -0.2) is 43.6 Å². The number of tetrazole rings is 1. The summed E-state index contributed by atoms with van der Waals surface area (Å²) in [5.41, 5.74) is 6.69. The Balaban J connectivity index is 1.47. The first-order chi connectivity index (χ1) is 16.9. The van der Waals surface area contributed by atoms with Crippen molar-refractivity contribution in [1.29, 1.82) is 0 Å². The number of carbonyl (C=O) groups is 2. The first-order valence-corrected chi connectivity index (χ1v) is 11.4. The maximum Gasteiger partial charge on any atom is 0.256 e. The number of anilines is 1. The number of nitrogens with zero attached hydrogens (tertiary/aromatic N) is 4. The van der Waals surface area contributed by atoms with Crippen LogP contribution in [0.2, 0.25) is 5.02 Å². The molecule has 4 aromatic rings. The molecule has 0 fully saturated rings. The number of rotatable bonds is 6. The van der Waals surface area contributed by atoms with E-state index in [-0.39, 0.29) is 11.8 Å². The molecular weight excluding hydrogens is 466 g/mol. The van der Waals surface area contributed by atoms with Crippen LogP contribution in [0.3, 0.4) is 0 Å². The quantitative estimate of drug-likeness (QED) is 0.357. The molecule has 176 valence electrons. The number of aromatic nitrogens is 5. The number of carbonyl (C=O) groups excluding carboxylic acids is 2. The topological polar surface area (TPSA) is 118 Å². The predicted molar refractivity (Wildman–Crippen MR) is 134 cm³/mol. The van der Waals surface area contributed by atoms with Crippen molar-refractivity contribution in [2.75, 3.05) is 11.9 Å². The SMILES string of the molecule is Cc1[nH]c(/C=C2\C(=O)Nc3cccc(-c4ccc(Cl)cc4)c32)c(C)c1C(=O)NCCn1ncnn1. The van der Waals surface area contributed by atoms with E-state index in [0.29, 0.717) is 34.9 Å². The molecule has 3 N–H and O–H groups in total. The van der Waals surface area contributed by atoms with Crippen LogP contribution in [0.1, 0.15) is 32.9 Å². The Bertz CT molecular complexity index is 1450. The summed E-state index contributed by atoms with van der Waals surface area (Å²) in [4.78, 5) is 30.5. The standard InChI is InChI=1S/C25H22ClN7O2/c1-14-21(30-15(2)22(14)25(35)27-10-11-33-29-13-28-32-33)12-19-23-18(16-6-8-17(26)9-7-16)4-3-5-20(23)31-24(19)34/h3-9,12-13,30H,10-11H2,1-2H3,(H,27,35)(H,31,34)/b19-12-. The summed E-state index contributed by atoms with van der Waals surface area (Å²) in [6, 6.07) is 13.3. The number of aryl methyl sites for hydroxylation is 1. The monoisotopic (exact) mass is 487 g/mol. The van der Waals surface area contributed by atoms with E-state index in [4.69, 9.17) is 11.6 Å². The summed E-state index contributed by atoms with van der Waals surface area (Å²) in [7, 11) is 0. The number of H-pyrrole nitrogens is 1. The third-order valence-electron chi connectivity index (χ3n) is 5.96. The Labute approximate surface area is 206 Å². The third-order valence-corrected chi connectivity index (χ3v) is 6.21. The number of hydrogen-bond acceptors (Lipinski definition) is 5. The number of fused-ring (bicyclic) bond motifs is 1. The predicted octanol–water partition coefficient (Wildman–Crippen LogP) is 3.86.